The van der Waals surface area contributed by atoms with Crippen LogP contribution in [0.15, 0.2) is 67.5 Å². The first-order chi connectivity index (χ1) is 19.6. The van der Waals surface area contributed by atoms with Gasteiger partial charge in [-0.2, -0.15) is 0 Å². The van der Waals surface area contributed by atoms with Gasteiger partial charge in [-0.15, -0.1) is 0 Å². The van der Waals surface area contributed by atoms with Gasteiger partial charge in [0.1, 0.15) is 11.5 Å². The molecule has 0 unspecified atom stereocenters. The zero-order valence-corrected chi connectivity index (χ0v) is 22.9. The Balaban J connectivity index is 1.37. The van der Waals surface area contributed by atoms with E-state index in [-0.39, 0.29) is 5.91 Å². The summed E-state index contributed by atoms with van der Waals surface area (Å²) in [6.45, 7) is 8.35. The highest BCUT2D eigenvalue weighted by Gasteiger charge is 2.16. The number of aryl methyl sites for hydroxylation is 1. The largest absolute Gasteiger partial charge is 0.494 e. The van der Waals surface area contributed by atoms with Crippen molar-refractivity contribution in [2.24, 2.45) is 7.05 Å². The highest BCUT2D eigenvalue weighted by Crippen LogP contribution is 2.38. The normalized spacial score (nSPS) is 13.7. The van der Waals surface area contributed by atoms with Crippen molar-refractivity contribution >= 4 is 34.1 Å². The molecule has 1 saturated heterocycles. The highest BCUT2D eigenvalue weighted by molar-refractivity contribution is 6.00. The van der Waals surface area contributed by atoms with Crippen molar-refractivity contribution in [1.82, 2.24) is 19.4 Å². The number of carbonyl (C=O) groups excluding carboxylic acids is 1. The molecular weight excluding hydrogens is 508 g/mol. The van der Waals surface area contributed by atoms with E-state index in [1.165, 1.54) is 6.08 Å². The van der Waals surface area contributed by atoms with Gasteiger partial charge in [0.2, 0.25) is 11.9 Å². The Bertz CT molecular complexity index is 1500. The van der Waals surface area contributed by atoms with Gasteiger partial charge in [-0.05, 0) is 30.7 Å². The second kappa shape index (κ2) is 12.6. The molecule has 1 aliphatic heterocycles. The molecule has 208 valence electrons. The van der Waals surface area contributed by atoms with Crippen molar-refractivity contribution in [1.29, 1.82) is 0 Å². The maximum atomic E-state index is 12.2. The molecule has 40 heavy (non-hydrogen) atoms. The van der Waals surface area contributed by atoms with E-state index < -0.39 is 0 Å². The minimum absolute atomic E-state index is 0.344. The molecule has 1 aliphatic rings. The number of anilines is 3. The molecule has 0 saturated carbocycles. The van der Waals surface area contributed by atoms with Gasteiger partial charge in [-0.1, -0.05) is 24.8 Å². The summed E-state index contributed by atoms with van der Waals surface area (Å²) < 4.78 is 19.3. The van der Waals surface area contributed by atoms with Crippen molar-refractivity contribution in [3.63, 3.8) is 0 Å². The Labute approximate surface area is 233 Å². The number of carbonyl (C=O) groups is 1. The molecule has 0 aliphatic carbocycles. The van der Waals surface area contributed by atoms with E-state index in [9.17, 15) is 4.79 Å². The van der Waals surface area contributed by atoms with Crippen LogP contribution in [-0.4, -0.2) is 71.9 Å². The number of para-hydroxylation sites is 1. The van der Waals surface area contributed by atoms with Crippen LogP contribution in [0.1, 0.15) is 6.42 Å². The first kappa shape index (κ1) is 27.2. The molecule has 0 atom stereocenters. The zero-order chi connectivity index (χ0) is 27.9. The number of amides is 1. The summed E-state index contributed by atoms with van der Waals surface area (Å²) >= 11 is 0. The molecular formula is C30H34N6O4. The number of methoxy groups -OCH3 is 1. The van der Waals surface area contributed by atoms with Gasteiger partial charge in [-0.3, -0.25) is 9.69 Å². The standard InChI is InChI=1S/C30H34N6O4/c1-4-29(37)32-25-18-24(27(38-3)19-28(25)40-15-7-12-36-13-16-39-17-14-36)34-30-31-11-10-23(33-30)22-20-35(2)26-9-6-5-8-21(22)26/h4-6,8-11,18-20H,1,7,12-17H2,2-3H3,(H,32,37)(H,31,33,34). The molecule has 2 N–H and O–H groups in total. The lowest BCUT2D eigenvalue weighted by molar-refractivity contribution is -0.111. The van der Waals surface area contributed by atoms with Crippen LogP contribution >= 0.6 is 0 Å². The summed E-state index contributed by atoms with van der Waals surface area (Å²) in [6, 6.07) is 13.6. The van der Waals surface area contributed by atoms with Crippen LogP contribution in [0.3, 0.4) is 0 Å². The summed E-state index contributed by atoms with van der Waals surface area (Å²) in [6.07, 6.45) is 5.83. The van der Waals surface area contributed by atoms with E-state index in [1.54, 1.807) is 25.4 Å². The number of aromatic nitrogens is 3. The topological polar surface area (TPSA) is 103 Å². The maximum absolute atomic E-state index is 12.2. The third kappa shape index (κ3) is 6.24. The molecule has 1 amide bonds. The van der Waals surface area contributed by atoms with Crippen LogP contribution in [-0.2, 0) is 16.6 Å². The second-order valence-corrected chi connectivity index (χ2v) is 9.46. The fourth-order valence-corrected chi connectivity index (χ4v) is 4.76. The van der Waals surface area contributed by atoms with Gasteiger partial charge < -0.3 is 29.4 Å². The lowest BCUT2D eigenvalue weighted by Gasteiger charge is -2.26. The first-order valence-corrected chi connectivity index (χ1v) is 13.3. The quantitative estimate of drug-likeness (QED) is 0.209. The summed E-state index contributed by atoms with van der Waals surface area (Å²) in [5, 5.41) is 7.20. The van der Waals surface area contributed by atoms with Crippen LogP contribution in [0.2, 0.25) is 0 Å². The Morgan fingerprint density at radius 1 is 1.15 bits per heavy atom. The van der Waals surface area contributed by atoms with Crippen molar-refractivity contribution in [2.45, 2.75) is 6.42 Å². The predicted octanol–water partition coefficient (Wildman–Crippen LogP) is 4.61. The number of hydrogen-bond acceptors (Lipinski definition) is 8. The fourth-order valence-electron chi connectivity index (χ4n) is 4.76. The van der Waals surface area contributed by atoms with E-state index in [4.69, 9.17) is 19.2 Å². The maximum Gasteiger partial charge on any atom is 0.247 e. The molecule has 5 rings (SSSR count). The number of rotatable bonds is 11. The highest BCUT2D eigenvalue weighted by atomic mass is 16.5. The summed E-state index contributed by atoms with van der Waals surface area (Å²) in [7, 11) is 3.60. The first-order valence-electron chi connectivity index (χ1n) is 13.3. The SMILES string of the molecule is C=CC(=O)Nc1cc(Nc2nccc(-c3cn(C)c4ccccc34)n2)c(OC)cc1OCCCN1CCOCC1. The molecule has 4 aromatic rings. The van der Waals surface area contributed by atoms with Gasteiger partial charge in [0, 0.05) is 61.6 Å². The number of morpholine rings is 1. The van der Waals surface area contributed by atoms with Crippen molar-refractivity contribution in [3.05, 3.63) is 67.5 Å². The van der Waals surface area contributed by atoms with E-state index in [2.05, 4.69) is 50.0 Å². The molecule has 10 heteroatoms. The molecule has 2 aromatic heterocycles. The lowest BCUT2D eigenvalue weighted by Crippen LogP contribution is -2.37. The van der Waals surface area contributed by atoms with Gasteiger partial charge in [0.15, 0.2) is 0 Å². The number of nitrogens with one attached hydrogen (secondary N) is 2. The Hall–Kier alpha value is -4.41. The van der Waals surface area contributed by atoms with Crippen LogP contribution < -0.4 is 20.1 Å². The number of fused-ring (bicyclic) bond motifs is 1. The summed E-state index contributed by atoms with van der Waals surface area (Å²) in [5.41, 5.74) is 3.99. The summed E-state index contributed by atoms with van der Waals surface area (Å²) in [5.74, 6) is 1.08. The number of ether oxygens (including phenoxy) is 3. The lowest BCUT2D eigenvalue weighted by atomic mass is 10.1. The van der Waals surface area contributed by atoms with Crippen LogP contribution in [0.25, 0.3) is 22.2 Å². The van der Waals surface area contributed by atoms with Gasteiger partial charge >= 0.3 is 0 Å². The van der Waals surface area contributed by atoms with Crippen LogP contribution in [0.5, 0.6) is 11.5 Å². The molecule has 0 spiro atoms. The third-order valence-corrected chi connectivity index (χ3v) is 6.80. The molecule has 0 radical (unpaired) electrons. The summed E-state index contributed by atoms with van der Waals surface area (Å²) in [4.78, 5) is 23.8. The van der Waals surface area contributed by atoms with E-state index in [0.717, 1.165) is 61.4 Å². The van der Waals surface area contributed by atoms with Crippen molar-refractivity contribution < 1.29 is 19.0 Å². The Kier molecular flexibility index (Phi) is 8.58. The average Bonchev–Trinajstić information content (AvgIpc) is 3.33. The van der Waals surface area contributed by atoms with Crippen LogP contribution in [0, 0.1) is 0 Å². The smallest absolute Gasteiger partial charge is 0.247 e. The molecule has 1 fully saturated rings. The minimum atomic E-state index is -0.344. The Morgan fingerprint density at radius 2 is 1.98 bits per heavy atom. The monoisotopic (exact) mass is 542 g/mol. The number of benzene rings is 2. The Morgan fingerprint density at radius 3 is 2.77 bits per heavy atom. The second-order valence-electron chi connectivity index (χ2n) is 9.46. The zero-order valence-electron chi connectivity index (χ0n) is 22.9. The van der Waals surface area contributed by atoms with E-state index >= 15 is 0 Å². The van der Waals surface area contributed by atoms with Gasteiger partial charge in [0.25, 0.3) is 0 Å². The minimum Gasteiger partial charge on any atom is -0.494 e. The molecule has 3 heterocycles. The average molecular weight is 543 g/mol. The molecule has 10 nitrogen and oxygen atoms in total. The van der Waals surface area contributed by atoms with Gasteiger partial charge in [-0.25, -0.2) is 9.97 Å². The molecule has 2 aromatic carbocycles. The number of hydrogen-bond donors (Lipinski definition) is 2. The fraction of sp³-hybridized carbons (Fsp3) is 0.300. The van der Waals surface area contributed by atoms with Crippen molar-refractivity contribution in [3.8, 4) is 22.8 Å². The predicted molar refractivity (Wildman–Crippen MR) is 156 cm³/mol. The van der Waals surface area contributed by atoms with Crippen molar-refractivity contribution in [2.75, 3.05) is 57.2 Å². The number of nitrogens with zero attached hydrogens (tertiary/aromatic N) is 4. The van der Waals surface area contributed by atoms with E-state index in [1.807, 2.05) is 25.2 Å². The third-order valence-electron chi connectivity index (χ3n) is 6.80. The molecule has 0 bridgehead atoms. The van der Waals surface area contributed by atoms with E-state index in [0.29, 0.717) is 35.4 Å². The van der Waals surface area contributed by atoms with Crippen LogP contribution in [0.4, 0.5) is 17.3 Å². The van der Waals surface area contributed by atoms with Gasteiger partial charge in [0.05, 0.1) is 44.0 Å².